The van der Waals surface area contributed by atoms with E-state index in [4.69, 9.17) is 0 Å². The highest BCUT2D eigenvalue weighted by molar-refractivity contribution is 5.24. The van der Waals surface area contributed by atoms with Gasteiger partial charge in [-0.2, -0.15) is 4.98 Å². The van der Waals surface area contributed by atoms with Crippen molar-refractivity contribution in [2.45, 2.75) is 32.5 Å². The molecule has 3 rings (SSSR count). The van der Waals surface area contributed by atoms with Gasteiger partial charge in [0.15, 0.2) is 0 Å². The van der Waals surface area contributed by atoms with Crippen LogP contribution < -0.4 is 5.56 Å². The van der Waals surface area contributed by atoms with Gasteiger partial charge in [-0.15, -0.1) is 0 Å². The number of hydrogen-bond donors (Lipinski definition) is 0. The molecule has 3 heterocycles. The predicted octanol–water partition coefficient (Wildman–Crippen LogP) is 0.135. The fourth-order valence-electron chi connectivity index (χ4n) is 2.46. The van der Waals surface area contributed by atoms with E-state index >= 15 is 0 Å². The van der Waals surface area contributed by atoms with Crippen molar-refractivity contribution in [3.05, 3.63) is 27.4 Å². The van der Waals surface area contributed by atoms with Gasteiger partial charge in [0.1, 0.15) is 5.82 Å². The number of nitrogens with zero attached hydrogens (tertiary/aromatic N) is 3. The van der Waals surface area contributed by atoms with Crippen LogP contribution in [0.5, 0.6) is 0 Å². The van der Waals surface area contributed by atoms with E-state index in [9.17, 15) is 4.79 Å². The molecule has 0 radical (unpaired) electrons. The number of fused-ring (bicyclic) bond motifs is 3. The molecule has 2 aliphatic heterocycles. The standard InChI is InChI=1S/C10H13N3O/c1-12-5-7-8(6-12)13-4-2-3-9(13)11-10(7)14/h2-6H2,1H3. The Balaban J connectivity index is 2.27. The van der Waals surface area contributed by atoms with Crippen molar-refractivity contribution in [3.63, 3.8) is 0 Å². The van der Waals surface area contributed by atoms with Crippen LogP contribution in [0.25, 0.3) is 0 Å². The Labute approximate surface area is 82.2 Å². The lowest BCUT2D eigenvalue weighted by Gasteiger charge is -2.09. The maximum Gasteiger partial charge on any atom is 0.277 e. The fraction of sp³-hybridized carbons (Fsp3) is 0.600. The van der Waals surface area contributed by atoms with Crippen LogP contribution in [0.2, 0.25) is 0 Å². The van der Waals surface area contributed by atoms with Gasteiger partial charge in [-0.1, -0.05) is 0 Å². The molecule has 4 heteroatoms. The lowest BCUT2D eigenvalue weighted by molar-refractivity contribution is 0.347. The molecule has 2 aliphatic rings. The molecule has 4 nitrogen and oxygen atoms in total. The fourth-order valence-corrected chi connectivity index (χ4v) is 2.46. The normalized spacial score (nSPS) is 19.8. The van der Waals surface area contributed by atoms with E-state index in [1.807, 2.05) is 7.05 Å². The van der Waals surface area contributed by atoms with Crippen molar-refractivity contribution in [1.82, 2.24) is 14.5 Å². The summed E-state index contributed by atoms with van der Waals surface area (Å²) < 4.78 is 2.24. The minimum Gasteiger partial charge on any atom is -0.332 e. The zero-order valence-corrected chi connectivity index (χ0v) is 8.29. The zero-order chi connectivity index (χ0) is 9.71. The van der Waals surface area contributed by atoms with Gasteiger partial charge >= 0.3 is 0 Å². The van der Waals surface area contributed by atoms with E-state index in [1.54, 1.807) is 0 Å². The van der Waals surface area contributed by atoms with E-state index in [2.05, 4.69) is 14.5 Å². The van der Waals surface area contributed by atoms with E-state index in [1.165, 1.54) is 5.69 Å². The van der Waals surface area contributed by atoms with Crippen LogP contribution in [-0.4, -0.2) is 21.5 Å². The second-order valence-corrected chi connectivity index (χ2v) is 4.19. The summed E-state index contributed by atoms with van der Waals surface area (Å²) in [5.74, 6) is 0.990. The van der Waals surface area contributed by atoms with Gasteiger partial charge < -0.3 is 4.57 Å². The average molecular weight is 191 g/mol. The van der Waals surface area contributed by atoms with E-state index < -0.39 is 0 Å². The zero-order valence-electron chi connectivity index (χ0n) is 8.29. The number of aryl methyl sites for hydroxylation is 1. The van der Waals surface area contributed by atoms with Gasteiger partial charge in [0.05, 0.1) is 5.56 Å². The topological polar surface area (TPSA) is 38.1 Å². The van der Waals surface area contributed by atoms with Crippen LogP contribution >= 0.6 is 0 Å². The molecule has 0 saturated heterocycles. The minimum absolute atomic E-state index is 0.00231. The molecule has 0 amide bonds. The average Bonchev–Trinajstić information content (AvgIpc) is 2.69. The first-order valence-corrected chi connectivity index (χ1v) is 5.06. The largest absolute Gasteiger partial charge is 0.332 e. The van der Waals surface area contributed by atoms with Gasteiger partial charge in [-0.25, -0.2) is 0 Å². The van der Waals surface area contributed by atoms with Crippen LogP contribution in [0, 0.1) is 0 Å². The Kier molecular flexibility index (Phi) is 1.56. The van der Waals surface area contributed by atoms with E-state index in [0.717, 1.165) is 43.9 Å². The van der Waals surface area contributed by atoms with Gasteiger partial charge in [0, 0.05) is 31.7 Å². The van der Waals surface area contributed by atoms with Crippen molar-refractivity contribution in [3.8, 4) is 0 Å². The summed E-state index contributed by atoms with van der Waals surface area (Å²) in [7, 11) is 2.04. The molecule has 0 N–H and O–H groups in total. The molecule has 0 saturated carbocycles. The molecule has 0 atom stereocenters. The van der Waals surface area contributed by atoms with Crippen LogP contribution in [0.15, 0.2) is 4.79 Å². The molecule has 0 fully saturated rings. The third-order valence-electron chi connectivity index (χ3n) is 3.10. The Morgan fingerprint density at radius 2 is 2.21 bits per heavy atom. The van der Waals surface area contributed by atoms with Crippen molar-refractivity contribution in [2.75, 3.05) is 7.05 Å². The minimum atomic E-state index is -0.00231. The molecule has 1 aromatic rings. The molecule has 1 aromatic heterocycles. The highest BCUT2D eigenvalue weighted by Gasteiger charge is 2.26. The molecule has 0 aliphatic carbocycles. The summed E-state index contributed by atoms with van der Waals surface area (Å²) in [6.45, 7) is 2.71. The summed E-state index contributed by atoms with van der Waals surface area (Å²) >= 11 is 0. The summed E-state index contributed by atoms with van der Waals surface area (Å²) in [5.41, 5.74) is 2.12. The van der Waals surface area contributed by atoms with Crippen LogP contribution in [0.4, 0.5) is 0 Å². The molecular weight excluding hydrogens is 178 g/mol. The monoisotopic (exact) mass is 191 g/mol. The maximum absolute atomic E-state index is 11.7. The van der Waals surface area contributed by atoms with Gasteiger partial charge in [-0.3, -0.25) is 9.69 Å². The first-order chi connectivity index (χ1) is 6.75. The first kappa shape index (κ1) is 8.17. The highest BCUT2D eigenvalue weighted by atomic mass is 16.1. The maximum atomic E-state index is 11.7. The van der Waals surface area contributed by atoms with Crippen molar-refractivity contribution >= 4 is 0 Å². The molecular formula is C10H13N3O. The second-order valence-electron chi connectivity index (χ2n) is 4.19. The quantitative estimate of drug-likeness (QED) is 0.585. The van der Waals surface area contributed by atoms with Gasteiger partial charge in [0.2, 0.25) is 0 Å². The van der Waals surface area contributed by atoms with Crippen LogP contribution in [-0.2, 0) is 26.1 Å². The third-order valence-corrected chi connectivity index (χ3v) is 3.10. The molecule has 0 spiro atoms. The number of hydrogen-bond acceptors (Lipinski definition) is 3. The SMILES string of the molecule is CN1Cc2c(n3c(nc2=O)CCC3)C1. The van der Waals surface area contributed by atoms with Crippen molar-refractivity contribution in [1.29, 1.82) is 0 Å². The Bertz CT molecular complexity index is 449. The van der Waals surface area contributed by atoms with Gasteiger partial charge in [0.25, 0.3) is 5.56 Å². The lowest BCUT2D eigenvalue weighted by Crippen LogP contribution is -2.20. The summed E-state index contributed by atoms with van der Waals surface area (Å²) in [4.78, 5) is 18.0. The summed E-state index contributed by atoms with van der Waals surface area (Å²) in [6, 6.07) is 0. The van der Waals surface area contributed by atoms with E-state index in [-0.39, 0.29) is 5.56 Å². The number of aromatic nitrogens is 2. The summed E-state index contributed by atoms with van der Waals surface area (Å²) in [6.07, 6.45) is 2.10. The molecule has 14 heavy (non-hydrogen) atoms. The van der Waals surface area contributed by atoms with Gasteiger partial charge in [-0.05, 0) is 13.5 Å². The number of rotatable bonds is 0. The summed E-state index contributed by atoms with van der Waals surface area (Å²) in [5, 5.41) is 0. The first-order valence-electron chi connectivity index (χ1n) is 5.06. The molecule has 0 unspecified atom stereocenters. The smallest absolute Gasteiger partial charge is 0.277 e. The highest BCUT2D eigenvalue weighted by Crippen LogP contribution is 2.22. The molecule has 0 bridgehead atoms. The van der Waals surface area contributed by atoms with E-state index in [0.29, 0.717) is 0 Å². The van der Waals surface area contributed by atoms with Crippen LogP contribution in [0.1, 0.15) is 23.5 Å². The van der Waals surface area contributed by atoms with Crippen molar-refractivity contribution in [2.24, 2.45) is 0 Å². The molecule has 74 valence electrons. The lowest BCUT2D eigenvalue weighted by atomic mass is 10.2. The third kappa shape index (κ3) is 0.973. The van der Waals surface area contributed by atoms with Crippen molar-refractivity contribution < 1.29 is 0 Å². The van der Waals surface area contributed by atoms with Crippen LogP contribution in [0.3, 0.4) is 0 Å². The Morgan fingerprint density at radius 3 is 3.07 bits per heavy atom. The molecule has 0 aromatic carbocycles. The second kappa shape index (κ2) is 2.67. The Hall–Kier alpha value is -1.16. The Morgan fingerprint density at radius 1 is 1.36 bits per heavy atom. The predicted molar refractivity (Wildman–Crippen MR) is 52.0 cm³/mol.